The Morgan fingerprint density at radius 1 is 1.00 bits per heavy atom. The van der Waals surface area contributed by atoms with E-state index in [0.29, 0.717) is 11.1 Å². The van der Waals surface area contributed by atoms with Crippen LogP contribution in [0.4, 0.5) is 5.69 Å². The minimum atomic E-state index is -1.04. The van der Waals surface area contributed by atoms with Crippen LogP contribution >= 0.6 is 0 Å². The molecule has 0 aliphatic carbocycles. The van der Waals surface area contributed by atoms with Crippen LogP contribution in [0, 0.1) is 0 Å². The summed E-state index contributed by atoms with van der Waals surface area (Å²) >= 11 is -0.734. The third-order valence-electron chi connectivity index (χ3n) is 6.60. The van der Waals surface area contributed by atoms with Crippen molar-refractivity contribution in [2.45, 2.75) is 6.29 Å². The molecule has 37 heavy (non-hydrogen) atoms. The maximum atomic E-state index is 10.6. The fraction of sp³-hybridized carbons (Fsp3) is 0.179. The average molecular weight is 605 g/mol. The molecule has 1 aliphatic rings. The maximum absolute atomic E-state index is 10.6. The van der Waals surface area contributed by atoms with E-state index in [1.54, 1.807) is 10.3 Å². The number of hydrogen-bond donors (Lipinski definition) is 2. The first-order valence-electron chi connectivity index (χ1n) is 12.1. The van der Waals surface area contributed by atoms with Crippen LogP contribution in [0.15, 0.2) is 84.0 Å². The Labute approximate surface area is 225 Å². The summed E-state index contributed by atoms with van der Waals surface area (Å²) in [5, 5.41) is 19.5. The molecule has 188 valence electrons. The zero-order chi connectivity index (χ0) is 25.2. The third-order valence-corrected chi connectivity index (χ3v) is 7.73. The second-order valence-corrected chi connectivity index (χ2v) is 10.6. The van der Waals surface area contributed by atoms with Crippen LogP contribution in [-0.2, 0) is 3.07 Å². The number of rotatable bonds is 7. The molecule has 0 spiro atoms. The second-order valence-electron chi connectivity index (χ2n) is 8.74. The molecule has 5 aromatic rings. The number of nitrogens with zero attached hydrogens (tertiary/aromatic N) is 5. The molecule has 0 saturated carbocycles. The number of anilines is 1. The van der Waals surface area contributed by atoms with Crippen LogP contribution < -0.4 is 31.8 Å². The zero-order valence-corrected chi connectivity index (χ0v) is 22.2. The van der Waals surface area contributed by atoms with Crippen molar-refractivity contribution in [3.05, 3.63) is 89.5 Å². The van der Waals surface area contributed by atoms with Crippen LogP contribution in [0.3, 0.4) is 0 Å². The van der Waals surface area contributed by atoms with E-state index in [1.807, 2.05) is 47.4 Å². The predicted octanol–water partition coefficient (Wildman–Crippen LogP) is 1.18. The average Bonchev–Trinajstić information content (AvgIpc) is 3.39. The first kappa shape index (κ1) is 24.0. The number of aromatic nitrogens is 4. The summed E-state index contributed by atoms with van der Waals surface area (Å²) in [6.45, 7) is 7.77. The second kappa shape index (κ2) is 10.5. The van der Waals surface area contributed by atoms with Crippen LogP contribution in [0.1, 0.15) is 11.9 Å². The Balaban J connectivity index is 1.33. The van der Waals surface area contributed by atoms with Crippen molar-refractivity contribution in [1.82, 2.24) is 24.9 Å². The SMILES string of the molecule is C=C[I-]OC(O)c1cccc2c(-c3cnn4cc(-c5ccc(N6CCNCC6)cc5)cnc34)ccnc12. The summed E-state index contributed by atoms with van der Waals surface area (Å²) in [6, 6.07) is 16.3. The molecule has 6 rings (SSSR count). The first-order chi connectivity index (χ1) is 18.2. The van der Waals surface area contributed by atoms with Gasteiger partial charge in [0.1, 0.15) is 0 Å². The molecule has 3 aromatic heterocycles. The van der Waals surface area contributed by atoms with E-state index in [1.165, 1.54) is 5.69 Å². The first-order valence-corrected chi connectivity index (χ1v) is 14.2. The van der Waals surface area contributed by atoms with E-state index in [9.17, 15) is 5.11 Å². The number of aliphatic hydroxyl groups excluding tert-OH is 1. The molecule has 1 aliphatic heterocycles. The number of nitrogens with one attached hydrogen (secondary N) is 1. The van der Waals surface area contributed by atoms with Gasteiger partial charge in [0.15, 0.2) is 0 Å². The molecule has 2 N–H and O–H groups in total. The summed E-state index contributed by atoms with van der Waals surface area (Å²) in [6.07, 6.45) is 6.44. The van der Waals surface area contributed by atoms with Crippen molar-refractivity contribution in [2.24, 2.45) is 0 Å². The van der Waals surface area contributed by atoms with E-state index in [2.05, 4.69) is 51.1 Å². The number of para-hydroxylation sites is 1. The van der Waals surface area contributed by atoms with Gasteiger partial charge >= 0.3 is 160 Å². The number of hydrogen-bond acceptors (Lipinski definition) is 7. The number of piperazine rings is 1. The molecular formula is C28H26IN6O2-. The Morgan fingerprint density at radius 2 is 1.84 bits per heavy atom. The van der Waals surface area contributed by atoms with Gasteiger partial charge in [0.25, 0.3) is 0 Å². The molecule has 8 nitrogen and oxygen atoms in total. The summed E-state index contributed by atoms with van der Waals surface area (Å²) in [7, 11) is 0. The quantitative estimate of drug-likeness (QED) is 0.213. The molecule has 1 saturated heterocycles. The standard InChI is InChI=1S/C28H26IN6O2/c1-2-29-37-28(36)24-5-3-4-23-22(10-11-31-26(23)24)25-17-33-35-18-20(16-32-27(25)35)19-6-8-21(9-7-19)34-14-12-30-13-15-34/h2-11,16-18,28,30,36H,1,12-15H2/q-1. The van der Waals surface area contributed by atoms with Gasteiger partial charge in [-0.2, -0.15) is 0 Å². The fourth-order valence-corrected chi connectivity index (χ4v) is 5.53. The summed E-state index contributed by atoms with van der Waals surface area (Å²) in [5.74, 6) is 0. The number of fused-ring (bicyclic) bond motifs is 2. The van der Waals surface area contributed by atoms with Crippen molar-refractivity contribution in [3.8, 4) is 22.3 Å². The summed E-state index contributed by atoms with van der Waals surface area (Å²) in [5.41, 5.74) is 7.28. The molecule has 0 radical (unpaired) electrons. The summed E-state index contributed by atoms with van der Waals surface area (Å²) in [4.78, 5) is 11.7. The predicted molar refractivity (Wildman–Crippen MR) is 140 cm³/mol. The molecular weight excluding hydrogens is 579 g/mol. The molecule has 9 heteroatoms. The zero-order valence-electron chi connectivity index (χ0n) is 20.1. The van der Waals surface area contributed by atoms with E-state index in [-0.39, 0.29) is 0 Å². The topological polar surface area (TPSA) is 87.8 Å². The minimum absolute atomic E-state index is 0.636. The van der Waals surface area contributed by atoms with Crippen LogP contribution in [0.5, 0.6) is 0 Å². The molecule has 0 amide bonds. The Kier molecular flexibility index (Phi) is 6.83. The van der Waals surface area contributed by atoms with Crippen molar-refractivity contribution >= 4 is 22.2 Å². The van der Waals surface area contributed by atoms with Crippen molar-refractivity contribution in [2.75, 3.05) is 31.1 Å². The van der Waals surface area contributed by atoms with E-state index in [0.717, 1.165) is 59.5 Å². The summed E-state index contributed by atoms with van der Waals surface area (Å²) < 4.78 is 9.09. The van der Waals surface area contributed by atoms with Gasteiger partial charge in [-0.05, 0) is 12.1 Å². The van der Waals surface area contributed by atoms with Gasteiger partial charge in [0, 0.05) is 31.9 Å². The number of halogens is 1. The Morgan fingerprint density at radius 3 is 2.65 bits per heavy atom. The van der Waals surface area contributed by atoms with Crippen molar-refractivity contribution < 1.29 is 29.8 Å². The fourth-order valence-electron chi connectivity index (χ4n) is 4.77. The molecule has 2 aromatic carbocycles. The monoisotopic (exact) mass is 605 g/mol. The van der Waals surface area contributed by atoms with Gasteiger partial charge in [-0.15, -0.1) is 0 Å². The molecule has 0 bridgehead atoms. The number of benzene rings is 2. The third kappa shape index (κ3) is 4.71. The van der Waals surface area contributed by atoms with Crippen molar-refractivity contribution in [3.63, 3.8) is 0 Å². The van der Waals surface area contributed by atoms with Crippen molar-refractivity contribution in [1.29, 1.82) is 0 Å². The molecule has 4 heterocycles. The Hall–Kier alpha value is -3.38. The van der Waals surface area contributed by atoms with Crippen LogP contribution in [-0.4, -0.2) is 50.9 Å². The number of aliphatic hydroxyl groups is 1. The van der Waals surface area contributed by atoms with Gasteiger partial charge < -0.3 is 10.2 Å². The van der Waals surface area contributed by atoms with Gasteiger partial charge in [0.05, 0.1) is 0 Å². The van der Waals surface area contributed by atoms with Crippen LogP contribution in [0.2, 0.25) is 0 Å². The normalized spacial score (nSPS) is 14.9. The molecule has 1 unspecified atom stereocenters. The van der Waals surface area contributed by atoms with Gasteiger partial charge in [0.2, 0.25) is 0 Å². The number of pyridine rings is 1. The Bertz CT molecular complexity index is 1560. The van der Waals surface area contributed by atoms with Gasteiger partial charge in [-0.1, -0.05) is 12.1 Å². The van der Waals surface area contributed by atoms with Gasteiger partial charge in [-0.25, -0.2) is 0 Å². The molecule has 1 atom stereocenters. The van der Waals surface area contributed by atoms with E-state index >= 15 is 0 Å². The van der Waals surface area contributed by atoms with Crippen LogP contribution in [0.25, 0.3) is 38.8 Å². The van der Waals surface area contributed by atoms with Gasteiger partial charge in [-0.3, -0.25) is 0 Å². The van der Waals surface area contributed by atoms with E-state index < -0.39 is 27.9 Å². The molecule has 1 fully saturated rings. The van der Waals surface area contributed by atoms with E-state index in [4.69, 9.17) is 8.05 Å².